The topological polar surface area (TPSA) is 87.5 Å². The van der Waals surface area contributed by atoms with Crippen molar-refractivity contribution in [2.75, 3.05) is 45.2 Å². The molecule has 0 atom stereocenters. The maximum Gasteiger partial charge on any atom is 0.281 e. The van der Waals surface area contributed by atoms with Crippen LogP contribution >= 0.6 is 0 Å². The minimum Gasteiger partial charge on any atom is -0.354 e. The quantitative estimate of drug-likeness (QED) is 0.769. The molecule has 26 heavy (non-hydrogen) atoms. The summed E-state index contributed by atoms with van der Waals surface area (Å²) in [4.78, 5) is 15.5. The number of imidazole rings is 1. The van der Waals surface area contributed by atoms with Crippen LogP contribution in [-0.4, -0.2) is 76.8 Å². The Labute approximate surface area is 154 Å². The third-order valence-electron chi connectivity index (χ3n) is 4.66. The van der Waals surface area contributed by atoms with Crippen molar-refractivity contribution >= 4 is 16.0 Å². The fourth-order valence-electron chi connectivity index (χ4n) is 2.93. The van der Waals surface area contributed by atoms with E-state index in [1.807, 2.05) is 31.4 Å². The van der Waals surface area contributed by atoms with E-state index in [9.17, 15) is 8.42 Å². The van der Waals surface area contributed by atoms with Crippen LogP contribution in [0.2, 0.25) is 0 Å². The van der Waals surface area contributed by atoms with Gasteiger partial charge in [-0.05, 0) is 20.8 Å². The molecule has 2 aromatic heterocycles. The Morgan fingerprint density at radius 3 is 2.15 bits per heavy atom. The molecule has 1 fully saturated rings. The highest BCUT2D eigenvalue weighted by atomic mass is 32.2. The van der Waals surface area contributed by atoms with Crippen molar-refractivity contribution in [1.29, 1.82) is 0 Å². The third kappa shape index (κ3) is 3.44. The van der Waals surface area contributed by atoms with Crippen molar-refractivity contribution < 1.29 is 8.42 Å². The molecular weight excluding hydrogens is 354 g/mol. The van der Waals surface area contributed by atoms with E-state index in [0.29, 0.717) is 32.0 Å². The zero-order valence-corrected chi connectivity index (χ0v) is 16.7. The van der Waals surface area contributed by atoms with Gasteiger partial charge in [-0.15, -0.1) is 0 Å². The monoisotopic (exact) mass is 379 g/mol. The van der Waals surface area contributed by atoms with E-state index in [-0.39, 0.29) is 0 Å². The molecule has 0 N–H and O–H groups in total. The van der Waals surface area contributed by atoms with Crippen LogP contribution in [0.25, 0.3) is 5.82 Å². The fourth-order valence-corrected chi connectivity index (χ4v) is 4.02. The third-order valence-corrected chi connectivity index (χ3v) is 6.60. The van der Waals surface area contributed by atoms with Crippen LogP contribution in [0, 0.1) is 20.8 Å². The van der Waals surface area contributed by atoms with E-state index in [0.717, 1.165) is 23.0 Å². The van der Waals surface area contributed by atoms with Crippen LogP contribution in [0.4, 0.5) is 5.82 Å². The van der Waals surface area contributed by atoms with Gasteiger partial charge in [0.25, 0.3) is 10.2 Å². The van der Waals surface area contributed by atoms with E-state index in [2.05, 4.69) is 19.9 Å². The lowest BCUT2D eigenvalue weighted by Gasteiger charge is -2.35. The van der Waals surface area contributed by atoms with Gasteiger partial charge in [-0.3, -0.25) is 4.57 Å². The molecule has 10 heteroatoms. The average Bonchev–Trinajstić information content (AvgIpc) is 2.93. The van der Waals surface area contributed by atoms with Gasteiger partial charge in [0.2, 0.25) is 0 Å². The Hall–Kier alpha value is -2.04. The molecule has 1 aliphatic heterocycles. The number of aromatic nitrogens is 4. The maximum absolute atomic E-state index is 12.3. The maximum atomic E-state index is 12.3. The normalized spacial score (nSPS) is 16.5. The molecule has 0 amide bonds. The zero-order chi connectivity index (χ0) is 19.1. The molecule has 142 valence electrons. The molecule has 9 nitrogen and oxygen atoms in total. The summed E-state index contributed by atoms with van der Waals surface area (Å²) in [6.07, 6.45) is 1.76. The second-order valence-corrected chi connectivity index (χ2v) is 8.74. The Balaban J connectivity index is 1.82. The molecule has 2 aromatic rings. The summed E-state index contributed by atoms with van der Waals surface area (Å²) >= 11 is 0. The standard InChI is InChI=1S/C16H25N7O2S/c1-12-13(2)23(11-17-12)16-10-15(18-14(3)19-16)21-6-8-22(9-7-21)26(24,25)20(4)5/h10-11H,6-9H2,1-5H3. The Morgan fingerprint density at radius 1 is 1.00 bits per heavy atom. The molecule has 0 aromatic carbocycles. The first-order valence-electron chi connectivity index (χ1n) is 8.49. The predicted molar refractivity (Wildman–Crippen MR) is 99.8 cm³/mol. The number of hydrogen-bond acceptors (Lipinski definition) is 6. The Bertz CT molecular complexity index is 899. The highest BCUT2D eigenvalue weighted by molar-refractivity contribution is 7.86. The summed E-state index contributed by atoms with van der Waals surface area (Å²) in [5.74, 6) is 2.25. The summed E-state index contributed by atoms with van der Waals surface area (Å²) in [5.41, 5.74) is 2.00. The smallest absolute Gasteiger partial charge is 0.281 e. The van der Waals surface area contributed by atoms with E-state index in [1.54, 1.807) is 20.4 Å². The lowest BCUT2D eigenvalue weighted by Crippen LogP contribution is -2.52. The molecule has 1 aliphatic rings. The lowest BCUT2D eigenvalue weighted by atomic mass is 10.3. The van der Waals surface area contributed by atoms with Gasteiger partial charge in [0.05, 0.1) is 5.69 Å². The van der Waals surface area contributed by atoms with Crippen molar-refractivity contribution in [1.82, 2.24) is 28.1 Å². The van der Waals surface area contributed by atoms with Crippen molar-refractivity contribution in [3.8, 4) is 5.82 Å². The van der Waals surface area contributed by atoms with E-state index in [4.69, 9.17) is 0 Å². The summed E-state index contributed by atoms with van der Waals surface area (Å²) in [6.45, 7) is 7.87. The molecule has 3 heterocycles. The number of rotatable bonds is 4. The van der Waals surface area contributed by atoms with Crippen molar-refractivity contribution in [2.45, 2.75) is 20.8 Å². The number of piperazine rings is 1. The molecular formula is C16H25N7O2S. The van der Waals surface area contributed by atoms with Gasteiger partial charge in [-0.25, -0.2) is 15.0 Å². The first kappa shape index (κ1) is 18.7. The van der Waals surface area contributed by atoms with Crippen molar-refractivity contribution in [3.05, 3.63) is 29.6 Å². The van der Waals surface area contributed by atoms with Gasteiger partial charge in [-0.1, -0.05) is 0 Å². The van der Waals surface area contributed by atoms with Crippen LogP contribution < -0.4 is 4.90 Å². The summed E-state index contributed by atoms with van der Waals surface area (Å²) in [5, 5.41) is 0. The van der Waals surface area contributed by atoms with Crippen LogP contribution in [-0.2, 0) is 10.2 Å². The van der Waals surface area contributed by atoms with E-state index >= 15 is 0 Å². The predicted octanol–water partition coefficient (Wildman–Crippen LogP) is 0.516. The molecule has 0 saturated carbocycles. The van der Waals surface area contributed by atoms with Gasteiger partial charge in [-0.2, -0.15) is 17.0 Å². The second kappa shape index (κ2) is 6.93. The van der Waals surface area contributed by atoms with E-state index < -0.39 is 10.2 Å². The van der Waals surface area contributed by atoms with Gasteiger partial charge in [0.1, 0.15) is 23.8 Å². The lowest BCUT2D eigenvalue weighted by molar-refractivity contribution is 0.355. The van der Waals surface area contributed by atoms with Crippen molar-refractivity contribution in [2.24, 2.45) is 0 Å². The number of anilines is 1. The summed E-state index contributed by atoms with van der Waals surface area (Å²) in [7, 11) is -0.267. The molecule has 0 spiro atoms. The summed E-state index contributed by atoms with van der Waals surface area (Å²) in [6, 6.07) is 1.93. The van der Waals surface area contributed by atoms with E-state index in [1.165, 1.54) is 8.61 Å². The van der Waals surface area contributed by atoms with Crippen LogP contribution in [0.15, 0.2) is 12.4 Å². The Kier molecular flexibility index (Phi) is 5.00. The van der Waals surface area contributed by atoms with Gasteiger partial charge < -0.3 is 4.90 Å². The Morgan fingerprint density at radius 2 is 1.62 bits per heavy atom. The minimum atomic E-state index is -3.37. The summed E-state index contributed by atoms with van der Waals surface area (Å²) < 4.78 is 29.2. The van der Waals surface area contributed by atoms with Crippen LogP contribution in [0.5, 0.6) is 0 Å². The van der Waals surface area contributed by atoms with Gasteiger partial charge in [0, 0.05) is 52.0 Å². The fraction of sp³-hybridized carbons (Fsp3) is 0.562. The van der Waals surface area contributed by atoms with Gasteiger partial charge >= 0.3 is 0 Å². The number of aryl methyl sites for hydroxylation is 2. The van der Waals surface area contributed by atoms with Crippen molar-refractivity contribution in [3.63, 3.8) is 0 Å². The molecule has 0 aliphatic carbocycles. The highest BCUT2D eigenvalue weighted by Gasteiger charge is 2.29. The number of nitrogens with zero attached hydrogens (tertiary/aromatic N) is 7. The molecule has 0 bridgehead atoms. The average molecular weight is 379 g/mol. The zero-order valence-electron chi connectivity index (χ0n) is 15.8. The highest BCUT2D eigenvalue weighted by Crippen LogP contribution is 2.20. The first-order chi connectivity index (χ1) is 12.2. The van der Waals surface area contributed by atoms with Gasteiger partial charge in [0.15, 0.2) is 0 Å². The first-order valence-corrected chi connectivity index (χ1v) is 9.89. The minimum absolute atomic E-state index is 0.433. The second-order valence-electron chi connectivity index (χ2n) is 6.59. The molecule has 3 rings (SSSR count). The van der Waals surface area contributed by atoms with Crippen LogP contribution in [0.3, 0.4) is 0 Å². The SMILES string of the molecule is Cc1nc(N2CCN(S(=O)(=O)N(C)C)CC2)cc(-n2cnc(C)c2C)n1. The van der Waals surface area contributed by atoms with Crippen LogP contribution in [0.1, 0.15) is 17.2 Å². The largest absolute Gasteiger partial charge is 0.354 e. The molecule has 0 unspecified atom stereocenters. The number of hydrogen-bond donors (Lipinski definition) is 0. The molecule has 0 radical (unpaired) electrons. The molecule has 1 saturated heterocycles.